The van der Waals surface area contributed by atoms with Gasteiger partial charge in [-0.25, -0.2) is 0 Å². The van der Waals surface area contributed by atoms with Crippen LogP contribution in [0.3, 0.4) is 0 Å². The van der Waals surface area contributed by atoms with E-state index in [0.717, 1.165) is 16.6 Å². The summed E-state index contributed by atoms with van der Waals surface area (Å²) in [6.07, 6.45) is 0.885. The van der Waals surface area contributed by atoms with Crippen molar-refractivity contribution in [1.29, 1.82) is 5.41 Å². The molecule has 0 aliphatic heterocycles. The van der Waals surface area contributed by atoms with Gasteiger partial charge in [0.1, 0.15) is 17.3 Å². The number of ether oxygens (including phenoxy) is 2. The molecule has 2 rings (SSSR count). The molecule has 0 unspecified atom stereocenters. The van der Waals surface area contributed by atoms with E-state index in [1.54, 1.807) is 25.3 Å². The van der Waals surface area contributed by atoms with Gasteiger partial charge < -0.3 is 15.2 Å². The zero-order valence-corrected chi connectivity index (χ0v) is 13.3. The number of rotatable bonds is 6. The molecular weight excluding hydrogens is 332 g/mol. The predicted octanol–water partition coefficient (Wildman–Crippen LogP) is 3.71. The van der Waals surface area contributed by atoms with Crippen molar-refractivity contribution in [1.82, 2.24) is 0 Å². The van der Waals surface area contributed by atoms with Crippen LogP contribution in [0.4, 0.5) is 0 Å². The highest BCUT2D eigenvalue weighted by molar-refractivity contribution is 9.10. The second kappa shape index (κ2) is 7.24. The molecule has 0 aliphatic rings. The van der Waals surface area contributed by atoms with Gasteiger partial charge in [0, 0.05) is 17.1 Å². The Hall–Kier alpha value is -1.85. The Kier molecular flexibility index (Phi) is 5.36. The fourth-order valence-electron chi connectivity index (χ4n) is 1.86. The molecule has 0 amide bonds. The molecule has 0 saturated carbocycles. The lowest BCUT2D eigenvalue weighted by atomic mass is 10.1. The Morgan fingerprint density at radius 1 is 1.14 bits per heavy atom. The van der Waals surface area contributed by atoms with E-state index < -0.39 is 0 Å². The average molecular weight is 349 g/mol. The Morgan fingerprint density at radius 2 is 1.81 bits per heavy atom. The lowest BCUT2D eigenvalue weighted by Crippen LogP contribution is -2.11. The van der Waals surface area contributed by atoms with E-state index in [-0.39, 0.29) is 5.84 Å². The second-order valence-electron chi connectivity index (χ2n) is 4.54. The first-order chi connectivity index (χ1) is 10.1. The zero-order chi connectivity index (χ0) is 15.2. The van der Waals surface area contributed by atoms with Gasteiger partial charge in [-0.15, -0.1) is 0 Å². The third kappa shape index (κ3) is 4.31. The maximum Gasteiger partial charge on any atom is 0.128 e. The summed E-state index contributed by atoms with van der Waals surface area (Å²) in [5, 5.41) is 7.44. The van der Waals surface area contributed by atoms with Crippen molar-refractivity contribution in [3.63, 3.8) is 0 Å². The number of halogens is 1. The fraction of sp³-hybridized carbons (Fsp3) is 0.188. The standard InChI is InChI=1S/C16H17BrN2O2/c1-20-9-8-11-2-4-12(5-3-11)21-13-6-7-14(16(18)19)15(17)10-13/h2-7,10H,8-9H2,1H3,(H3,18,19). The molecule has 0 radical (unpaired) electrons. The van der Waals surface area contributed by atoms with E-state index in [1.807, 2.05) is 24.3 Å². The Labute approximate surface area is 132 Å². The van der Waals surface area contributed by atoms with Gasteiger partial charge in [-0.1, -0.05) is 12.1 Å². The van der Waals surface area contributed by atoms with Gasteiger partial charge in [0.2, 0.25) is 0 Å². The maximum atomic E-state index is 7.44. The topological polar surface area (TPSA) is 68.3 Å². The number of nitrogen functional groups attached to an aromatic ring is 1. The van der Waals surface area contributed by atoms with Gasteiger partial charge in [0.15, 0.2) is 0 Å². The quantitative estimate of drug-likeness (QED) is 0.617. The molecule has 3 N–H and O–H groups in total. The summed E-state index contributed by atoms with van der Waals surface area (Å²) in [6, 6.07) is 13.3. The highest BCUT2D eigenvalue weighted by Crippen LogP contribution is 2.27. The van der Waals surface area contributed by atoms with E-state index in [1.165, 1.54) is 5.56 Å². The molecule has 0 spiro atoms. The zero-order valence-electron chi connectivity index (χ0n) is 11.7. The summed E-state index contributed by atoms with van der Waals surface area (Å²) in [5.74, 6) is 1.48. The molecule has 0 aliphatic carbocycles. The van der Waals surface area contributed by atoms with Crippen molar-refractivity contribution < 1.29 is 9.47 Å². The SMILES string of the molecule is COCCc1ccc(Oc2ccc(C(=N)N)c(Br)c2)cc1. The monoisotopic (exact) mass is 348 g/mol. The van der Waals surface area contributed by atoms with Gasteiger partial charge in [-0.05, 0) is 58.2 Å². The smallest absolute Gasteiger partial charge is 0.128 e. The normalized spacial score (nSPS) is 10.4. The van der Waals surface area contributed by atoms with E-state index in [2.05, 4.69) is 15.9 Å². The molecule has 2 aromatic carbocycles. The van der Waals surface area contributed by atoms with Crippen LogP contribution >= 0.6 is 15.9 Å². The lowest BCUT2D eigenvalue weighted by Gasteiger charge is -2.09. The number of hydrogen-bond donors (Lipinski definition) is 2. The van der Waals surface area contributed by atoms with Crippen LogP contribution in [0.5, 0.6) is 11.5 Å². The number of methoxy groups -OCH3 is 1. The third-order valence-corrected chi connectivity index (χ3v) is 3.64. The van der Waals surface area contributed by atoms with Crippen molar-refractivity contribution in [2.75, 3.05) is 13.7 Å². The Balaban J connectivity index is 2.07. The Morgan fingerprint density at radius 3 is 2.38 bits per heavy atom. The van der Waals surface area contributed by atoms with Crippen LogP contribution in [0, 0.1) is 5.41 Å². The van der Waals surface area contributed by atoms with Crippen LogP contribution in [0.2, 0.25) is 0 Å². The first kappa shape index (κ1) is 15.5. The van der Waals surface area contributed by atoms with Gasteiger partial charge in [0.05, 0.1) is 6.61 Å². The number of amidine groups is 1. The van der Waals surface area contributed by atoms with E-state index in [9.17, 15) is 0 Å². The fourth-order valence-corrected chi connectivity index (χ4v) is 2.43. The van der Waals surface area contributed by atoms with E-state index in [0.29, 0.717) is 17.9 Å². The minimum Gasteiger partial charge on any atom is -0.457 e. The summed E-state index contributed by atoms with van der Waals surface area (Å²) in [5.41, 5.74) is 7.33. The minimum atomic E-state index is 0.0240. The van der Waals surface area contributed by atoms with Crippen LogP contribution in [0.1, 0.15) is 11.1 Å². The van der Waals surface area contributed by atoms with Gasteiger partial charge in [0.25, 0.3) is 0 Å². The summed E-state index contributed by atoms with van der Waals surface area (Å²) >= 11 is 3.39. The molecule has 110 valence electrons. The molecule has 5 heteroatoms. The van der Waals surface area contributed by atoms with Crippen LogP contribution in [-0.4, -0.2) is 19.6 Å². The molecular formula is C16H17BrN2O2. The van der Waals surface area contributed by atoms with Crippen molar-refractivity contribution in [3.8, 4) is 11.5 Å². The number of hydrogen-bond acceptors (Lipinski definition) is 3. The molecule has 0 fully saturated rings. The van der Waals surface area contributed by atoms with Crippen molar-refractivity contribution >= 4 is 21.8 Å². The highest BCUT2D eigenvalue weighted by atomic mass is 79.9. The van der Waals surface area contributed by atoms with Gasteiger partial charge >= 0.3 is 0 Å². The number of benzene rings is 2. The molecule has 0 bridgehead atoms. The minimum absolute atomic E-state index is 0.0240. The van der Waals surface area contributed by atoms with Crippen molar-refractivity contribution in [2.45, 2.75) is 6.42 Å². The lowest BCUT2D eigenvalue weighted by molar-refractivity contribution is 0.202. The van der Waals surface area contributed by atoms with E-state index >= 15 is 0 Å². The molecule has 0 atom stereocenters. The summed E-state index contributed by atoms with van der Waals surface area (Å²) in [6.45, 7) is 0.708. The molecule has 21 heavy (non-hydrogen) atoms. The summed E-state index contributed by atoms with van der Waals surface area (Å²) < 4.78 is 11.6. The first-order valence-corrected chi connectivity index (χ1v) is 7.29. The number of nitrogens with one attached hydrogen (secondary N) is 1. The second-order valence-corrected chi connectivity index (χ2v) is 5.40. The van der Waals surface area contributed by atoms with Crippen LogP contribution < -0.4 is 10.5 Å². The summed E-state index contributed by atoms with van der Waals surface area (Å²) in [7, 11) is 1.69. The van der Waals surface area contributed by atoms with Crippen molar-refractivity contribution in [2.24, 2.45) is 5.73 Å². The molecule has 0 saturated heterocycles. The van der Waals surface area contributed by atoms with Gasteiger partial charge in [-0.3, -0.25) is 5.41 Å². The molecule has 4 nitrogen and oxygen atoms in total. The van der Waals surface area contributed by atoms with Crippen LogP contribution in [0.15, 0.2) is 46.9 Å². The predicted molar refractivity (Wildman–Crippen MR) is 87.3 cm³/mol. The van der Waals surface area contributed by atoms with E-state index in [4.69, 9.17) is 20.6 Å². The Bertz CT molecular complexity index is 627. The third-order valence-electron chi connectivity index (χ3n) is 2.98. The largest absolute Gasteiger partial charge is 0.457 e. The van der Waals surface area contributed by atoms with Crippen LogP contribution in [0.25, 0.3) is 0 Å². The van der Waals surface area contributed by atoms with Gasteiger partial charge in [-0.2, -0.15) is 0 Å². The van der Waals surface area contributed by atoms with Crippen molar-refractivity contribution in [3.05, 3.63) is 58.1 Å². The highest BCUT2D eigenvalue weighted by Gasteiger charge is 2.05. The number of nitrogens with two attached hydrogens (primary N) is 1. The first-order valence-electron chi connectivity index (χ1n) is 6.50. The average Bonchev–Trinajstić information content (AvgIpc) is 2.46. The molecule has 0 aromatic heterocycles. The maximum absolute atomic E-state index is 7.44. The summed E-state index contributed by atoms with van der Waals surface area (Å²) in [4.78, 5) is 0. The molecule has 0 heterocycles. The van der Waals surface area contributed by atoms with Crippen LogP contribution in [-0.2, 0) is 11.2 Å². The molecule has 2 aromatic rings.